The predicted molar refractivity (Wildman–Crippen MR) is 91.8 cm³/mol. The molecule has 0 saturated heterocycles. The summed E-state index contributed by atoms with van der Waals surface area (Å²) in [5.41, 5.74) is -0.406. The predicted octanol–water partition coefficient (Wildman–Crippen LogP) is 3.22. The van der Waals surface area contributed by atoms with Gasteiger partial charge in [-0.05, 0) is 12.1 Å². The van der Waals surface area contributed by atoms with Crippen molar-refractivity contribution in [3.63, 3.8) is 0 Å². The van der Waals surface area contributed by atoms with Crippen LogP contribution in [-0.2, 0) is 17.5 Å². The first-order valence-electron chi connectivity index (χ1n) is 8.11. The van der Waals surface area contributed by atoms with Gasteiger partial charge in [-0.2, -0.15) is 23.4 Å². The van der Waals surface area contributed by atoms with Gasteiger partial charge in [0, 0.05) is 7.11 Å². The molecule has 0 bridgehead atoms. The standard InChI is InChI=1S/C16H14F3N7O2/c1-27-6-4-26-13(16(17,18)19)10(8-21-26)23-15-12-9(7-20-25-12)22-14(24-15)11-3-2-5-28-11/h2-3,5,7-8H,4,6H2,1H3,(H,20,25)(H,22,23,24). The Bertz CT molecular complexity index is 1090. The first-order chi connectivity index (χ1) is 13.5. The lowest BCUT2D eigenvalue weighted by Crippen LogP contribution is -2.18. The molecule has 0 aromatic carbocycles. The Balaban J connectivity index is 1.78. The van der Waals surface area contributed by atoms with Crippen molar-refractivity contribution in [1.29, 1.82) is 0 Å². The van der Waals surface area contributed by atoms with E-state index in [9.17, 15) is 13.2 Å². The molecule has 28 heavy (non-hydrogen) atoms. The molecule has 146 valence electrons. The molecule has 0 radical (unpaired) electrons. The van der Waals surface area contributed by atoms with E-state index >= 15 is 0 Å². The van der Waals surface area contributed by atoms with Gasteiger partial charge in [0.15, 0.2) is 23.1 Å². The molecule has 9 nitrogen and oxygen atoms in total. The minimum Gasteiger partial charge on any atom is -0.461 e. The molecule has 4 aromatic heterocycles. The van der Waals surface area contributed by atoms with Crippen LogP contribution in [0.4, 0.5) is 24.7 Å². The number of nitrogens with one attached hydrogen (secondary N) is 2. The van der Waals surface area contributed by atoms with Gasteiger partial charge in [0.1, 0.15) is 11.0 Å². The van der Waals surface area contributed by atoms with E-state index in [2.05, 4.69) is 30.6 Å². The zero-order valence-corrected chi connectivity index (χ0v) is 14.5. The molecule has 0 fully saturated rings. The van der Waals surface area contributed by atoms with Crippen LogP contribution < -0.4 is 5.32 Å². The minimum absolute atomic E-state index is 0.0477. The number of halogens is 3. The van der Waals surface area contributed by atoms with Gasteiger partial charge in [0.05, 0.1) is 37.5 Å². The van der Waals surface area contributed by atoms with Gasteiger partial charge < -0.3 is 14.5 Å². The van der Waals surface area contributed by atoms with Crippen molar-refractivity contribution in [2.45, 2.75) is 12.7 Å². The van der Waals surface area contributed by atoms with Gasteiger partial charge in [0.25, 0.3) is 0 Å². The van der Waals surface area contributed by atoms with Crippen LogP contribution in [0.2, 0.25) is 0 Å². The highest BCUT2D eigenvalue weighted by Gasteiger charge is 2.38. The molecule has 4 rings (SSSR count). The second-order valence-corrected chi connectivity index (χ2v) is 5.75. The van der Waals surface area contributed by atoms with Crippen molar-refractivity contribution < 1.29 is 22.3 Å². The number of hydrogen-bond donors (Lipinski definition) is 2. The highest BCUT2D eigenvalue weighted by Crippen LogP contribution is 2.37. The maximum absolute atomic E-state index is 13.6. The second-order valence-electron chi connectivity index (χ2n) is 5.75. The molecule has 4 aromatic rings. The van der Waals surface area contributed by atoms with E-state index < -0.39 is 11.9 Å². The third kappa shape index (κ3) is 3.29. The molecule has 0 spiro atoms. The van der Waals surface area contributed by atoms with Crippen molar-refractivity contribution in [3.05, 3.63) is 36.5 Å². The first-order valence-corrected chi connectivity index (χ1v) is 8.11. The number of aromatic amines is 1. The van der Waals surface area contributed by atoms with E-state index in [0.717, 1.165) is 10.9 Å². The number of ether oxygens (including phenoxy) is 1. The molecular weight excluding hydrogens is 379 g/mol. The van der Waals surface area contributed by atoms with Gasteiger partial charge in [0.2, 0.25) is 0 Å². The highest BCUT2D eigenvalue weighted by atomic mass is 19.4. The SMILES string of the molecule is COCCn1ncc(Nc2nc(-c3ccco3)nc3cn[nH]c23)c1C(F)(F)F. The van der Waals surface area contributed by atoms with E-state index in [1.165, 1.54) is 19.6 Å². The summed E-state index contributed by atoms with van der Waals surface area (Å²) in [6.45, 7) is 0.0407. The Morgan fingerprint density at radius 3 is 2.86 bits per heavy atom. The van der Waals surface area contributed by atoms with Crippen LogP contribution in [0.25, 0.3) is 22.6 Å². The van der Waals surface area contributed by atoms with Crippen molar-refractivity contribution in [1.82, 2.24) is 29.9 Å². The number of nitrogens with zero attached hydrogens (tertiary/aromatic N) is 5. The van der Waals surface area contributed by atoms with E-state index in [1.807, 2.05) is 0 Å². The van der Waals surface area contributed by atoms with E-state index in [-0.39, 0.29) is 30.5 Å². The maximum Gasteiger partial charge on any atom is 0.435 e. The maximum atomic E-state index is 13.6. The summed E-state index contributed by atoms with van der Waals surface area (Å²) >= 11 is 0. The largest absolute Gasteiger partial charge is 0.461 e. The Morgan fingerprint density at radius 2 is 2.14 bits per heavy atom. The number of anilines is 2. The summed E-state index contributed by atoms with van der Waals surface area (Å²) in [6, 6.07) is 3.31. The third-order valence-electron chi connectivity index (χ3n) is 3.91. The summed E-state index contributed by atoms with van der Waals surface area (Å²) in [5, 5.41) is 13.1. The topological polar surface area (TPSA) is 107 Å². The molecular formula is C16H14F3N7O2. The van der Waals surface area contributed by atoms with E-state index in [0.29, 0.717) is 16.8 Å². The van der Waals surface area contributed by atoms with E-state index in [4.69, 9.17) is 9.15 Å². The molecule has 0 aliphatic heterocycles. The third-order valence-corrected chi connectivity index (χ3v) is 3.91. The van der Waals surface area contributed by atoms with Crippen LogP contribution in [0.15, 0.2) is 35.2 Å². The van der Waals surface area contributed by atoms with Crippen LogP contribution >= 0.6 is 0 Å². The summed E-state index contributed by atoms with van der Waals surface area (Å²) in [4.78, 5) is 8.59. The van der Waals surface area contributed by atoms with Crippen molar-refractivity contribution in [3.8, 4) is 11.6 Å². The second kappa shape index (κ2) is 6.96. The Morgan fingerprint density at radius 1 is 1.29 bits per heavy atom. The van der Waals surface area contributed by atoms with Crippen LogP contribution in [0.3, 0.4) is 0 Å². The fourth-order valence-electron chi connectivity index (χ4n) is 2.70. The van der Waals surface area contributed by atoms with Crippen LogP contribution in [0.5, 0.6) is 0 Å². The van der Waals surface area contributed by atoms with Gasteiger partial charge in [-0.25, -0.2) is 9.97 Å². The van der Waals surface area contributed by atoms with Crippen LogP contribution in [0.1, 0.15) is 5.69 Å². The molecule has 0 aliphatic rings. The Kier molecular flexibility index (Phi) is 4.47. The molecule has 0 amide bonds. The molecule has 4 heterocycles. The summed E-state index contributed by atoms with van der Waals surface area (Å²) < 4.78 is 51.8. The number of alkyl halides is 3. The lowest BCUT2D eigenvalue weighted by molar-refractivity contribution is -0.143. The average molecular weight is 393 g/mol. The number of hydrogen-bond acceptors (Lipinski definition) is 7. The number of methoxy groups -OCH3 is 1. The monoisotopic (exact) mass is 393 g/mol. The number of fused-ring (bicyclic) bond motifs is 1. The smallest absolute Gasteiger partial charge is 0.435 e. The molecule has 12 heteroatoms. The number of furan rings is 1. The molecule has 2 N–H and O–H groups in total. The zero-order chi connectivity index (χ0) is 19.7. The van der Waals surface area contributed by atoms with Crippen molar-refractivity contribution in [2.75, 3.05) is 19.0 Å². The molecule has 0 aliphatic carbocycles. The fourth-order valence-corrected chi connectivity index (χ4v) is 2.70. The summed E-state index contributed by atoms with van der Waals surface area (Å²) in [6.07, 6.45) is -0.639. The average Bonchev–Trinajstić information content (AvgIpc) is 3.39. The fraction of sp³-hybridized carbons (Fsp3) is 0.250. The van der Waals surface area contributed by atoms with Gasteiger partial charge >= 0.3 is 6.18 Å². The molecule has 0 unspecified atom stereocenters. The highest BCUT2D eigenvalue weighted by molar-refractivity contribution is 5.88. The minimum atomic E-state index is -4.63. The summed E-state index contributed by atoms with van der Waals surface area (Å²) in [5.74, 6) is 0.699. The van der Waals surface area contributed by atoms with Crippen LogP contribution in [-0.4, -0.2) is 43.7 Å². The lowest BCUT2D eigenvalue weighted by atomic mass is 10.3. The molecule has 0 saturated carbocycles. The number of aromatic nitrogens is 6. The number of rotatable bonds is 6. The van der Waals surface area contributed by atoms with Crippen molar-refractivity contribution >= 4 is 22.5 Å². The van der Waals surface area contributed by atoms with Gasteiger partial charge in [-0.1, -0.05) is 0 Å². The normalized spacial score (nSPS) is 12.0. The van der Waals surface area contributed by atoms with Gasteiger partial charge in [-0.3, -0.25) is 9.78 Å². The number of H-pyrrole nitrogens is 1. The molecule has 0 atom stereocenters. The quantitative estimate of drug-likeness (QED) is 0.518. The zero-order valence-electron chi connectivity index (χ0n) is 14.5. The van der Waals surface area contributed by atoms with Crippen LogP contribution in [0, 0.1) is 0 Å². The Labute approximate surface area is 155 Å². The van der Waals surface area contributed by atoms with Gasteiger partial charge in [-0.15, -0.1) is 0 Å². The first kappa shape index (κ1) is 18.0. The lowest BCUT2D eigenvalue weighted by Gasteiger charge is -2.13. The van der Waals surface area contributed by atoms with Crippen molar-refractivity contribution in [2.24, 2.45) is 0 Å². The Hall–Kier alpha value is -3.41. The summed E-state index contributed by atoms with van der Waals surface area (Å²) in [7, 11) is 1.40. The van der Waals surface area contributed by atoms with E-state index in [1.54, 1.807) is 12.1 Å².